The average molecular weight is 218 g/mol. The summed E-state index contributed by atoms with van der Waals surface area (Å²) < 4.78 is 0. The summed E-state index contributed by atoms with van der Waals surface area (Å²) in [5, 5.41) is 16.5. The van der Waals surface area contributed by atoms with Gasteiger partial charge >= 0.3 is 0 Å². The highest BCUT2D eigenvalue weighted by Gasteiger charge is 2.02. The Labute approximate surface area is 92.2 Å². The lowest BCUT2D eigenvalue weighted by molar-refractivity contribution is 0.755. The molecular formula is C10H10N4S. The van der Waals surface area contributed by atoms with Gasteiger partial charge in [-0.05, 0) is 13.2 Å². The zero-order chi connectivity index (χ0) is 10.7. The van der Waals surface area contributed by atoms with Gasteiger partial charge in [0.1, 0.15) is 0 Å². The van der Waals surface area contributed by atoms with Crippen molar-refractivity contribution in [1.29, 1.82) is 0 Å². The molecule has 15 heavy (non-hydrogen) atoms. The van der Waals surface area contributed by atoms with E-state index in [4.69, 9.17) is 0 Å². The first kappa shape index (κ1) is 10.0. The van der Waals surface area contributed by atoms with Gasteiger partial charge in [-0.15, -0.1) is 20.4 Å². The molecule has 0 radical (unpaired) electrons. The number of aromatic nitrogens is 4. The number of rotatable bonds is 2. The maximum absolute atomic E-state index is 4.00. The standard InChI is InChI=1S/C10H10N4S/c1-7-3-5-8(6-4-7)9-11-13-10(15-2)14-12-9/h3-6H,1-2H3. The Bertz CT molecular complexity index is 438. The summed E-state index contributed by atoms with van der Waals surface area (Å²) in [7, 11) is 0. The highest BCUT2D eigenvalue weighted by molar-refractivity contribution is 7.98. The Balaban J connectivity index is 2.33. The quantitative estimate of drug-likeness (QED) is 0.721. The highest BCUT2D eigenvalue weighted by Crippen LogP contribution is 2.14. The fourth-order valence-electron chi connectivity index (χ4n) is 1.12. The van der Waals surface area contributed by atoms with Crippen molar-refractivity contribution in [2.75, 3.05) is 6.26 Å². The van der Waals surface area contributed by atoms with Gasteiger partial charge in [0.05, 0.1) is 0 Å². The molecule has 0 saturated carbocycles. The summed E-state index contributed by atoms with van der Waals surface area (Å²) in [5.74, 6) is 0.563. The van der Waals surface area contributed by atoms with E-state index in [0.29, 0.717) is 11.0 Å². The number of benzene rings is 1. The number of thioether (sulfide) groups is 1. The van der Waals surface area contributed by atoms with Crippen LogP contribution >= 0.6 is 11.8 Å². The number of nitrogens with zero attached hydrogens (tertiary/aromatic N) is 4. The van der Waals surface area contributed by atoms with Crippen molar-refractivity contribution < 1.29 is 0 Å². The van der Waals surface area contributed by atoms with E-state index in [2.05, 4.69) is 20.4 Å². The van der Waals surface area contributed by atoms with E-state index >= 15 is 0 Å². The Morgan fingerprint density at radius 3 is 2.07 bits per heavy atom. The zero-order valence-corrected chi connectivity index (χ0v) is 9.32. The van der Waals surface area contributed by atoms with E-state index in [9.17, 15) is 0 Å². The van der Waals surface area contributed by atoms with Crippen LogP contribution in [-0.2, 0) is 0 Å². The molecule has 0 aliphatic carbocycles. The van der Waals surface area contributed by atoms with Crippen molar-refractivity contribution >= 4 is 11.8 Å². The highest BCUT2D eigenvalue weighted by atomic mass is 32.2. The van der Waals surface area contributed by atoms with E-state index in [1.807, 2.05) is 37.4 Å². The molecule has 5 heteroatoms. The van der Waals surface area contributed by atoms with Gasteiger partial charge in [-0.2, -0.15) is 0 Å². The molecule has 0 unspecified atom stereocenters. The molecule has 0 aliphatic rings. The maximum Gasteiger partial charge on any atom is 0.229 e. The molecule has 0 fully saturated rings. The molecule has 2 aromatic rings. The van der Waals surface area contributed by atoms with Gasteiger partial charge in [-0.1, -0.05) is 41.6 Å². The Kier molecular flexibility index (Phi) is 2.91. The van der Waals surface area contributed by atoms with E-state index < -0.39 is 0 Å². The second-order valence-corrected chi connectivity index (χ2v) is 3.85. The predicted molar refractivity (Wildman–Crippen MR) is 59.6 cm³/mol. The van der Waals surface area contributed by atoms with Crippen LogP contribution in [0, 0.1) is 6.92 Å². The molecule has 2 rings (SSSR count). The van der Waals surface area contributed by atoms with Crippen molar-refractivity contribution in [3.05, 3.63) is 29.8 Å². The molecule has 1 aromatic heterocycles. The zero-order valence-electron chi connectivity index (χ0n) is 8.51. The fraction of sp³-hybridized carbons (Fsp3) is 0.200. The molecule has 76 valence electrons. The van der Waals surface area contributed by atoms with Crippen LogP contribution in [0.15, 0.2) is 29.4 Å². The van der Waals surface area contributed by atoms with Gasteiger partial charge in [0.2, 0.25) is 11.0 Å². The van der Waals surface area contributed by atoms with Crippen LogP contribution in [0.3, 0.4) is 0 Å². The van der Waals surface area contributed by atoms with Crippen molar-refractivity contribution in [3.8, 4) is 11.4 Å². The molecule has 0 aliphatic heterocycles. The molecule has 0 bridgehead atoms. The Morgan fingerprint density at radius 2 is 1.53 bits per heavy atom. The summed E-state index contributed by atoms with van der Waals surface area (Å²) in [5.41, 5.74) is 2.15. The molecule has 4 nitrogen and oxygen atoms in total. The van der Waals surface area contributed by atoms with Crippen LogP contribution in [0.25, 0.3) is 11.4 Å². The fourth-order valence-corrected chi connectivity index (χ4v) is 1.36. The summed E-state index contributed by atoms with van der Waals surface area (Å²) >= 11 is 1.43. The second kappa shape index (κ2) is 4.35. The molecular weight excluding hydrogens is 208 g/mol. The second-order valence-electron chi connectivity index (χ2n) is 3.08. The topological polar surface area (TPSA) is 51.6 Å². The van der Waals surface area contributed by atoms with E-state index in [-0.39, 0.29) is 0 Å². The predicted octanol–water partition coefficient (Wildman–Crippen LogP) is 1.96. The van der Waals surface area contributed by atoms with Crippen molar-refractivity contribution in [2.24, 2.45) is 0 Å². The number of aryl methyl sites for hydroxylation is 1. The van der Waals surface area contributed by atoms with Crippen LogP contribution < -0.4 is 0 Å². The van der Waals surface area contributed by atoms with Crippen LogP contribution in [-0.4, -0.2) is 26.7 Å². The van der Waals surface area contributed by atoms with E-state index in [1.54, 1.807) is 0 Å². The number of hydrogen-bond donors (Lipinski definition) is 0. The minimum atomic E-state index is 0.563. The van der Waals surface area contributed by atoms with Crippen molar-refractivity contribution in [1.82, 2.24) is 20.4 Å². The lowest BCUT2D eigenvalue weighted by Gasteiger charge is -1.98. The van der Waals surface area contributed by atoms with Crippen molar-refractivity contribution in [2.45, 2.75) is 12.1 Å². The first-order valence-corrected chi connectivity index (χ1v) is 5.70. The third-order valence-corrected chi connectivity index (χ3v) is 2.48. The molecule has 1 aromatic carbocycles. The number of hydrogen-bond acceptors (Lipinski definition) is 5. The normalized spacial score (nSPS) is 10.3. The summed E-state index contributed by atoms with van der Waals surface area (Å²) in [4.78, 5) is 0. The monoisotopic (exact) mass is 218 g/mol. The van der Waals surface area contributed by atoms with E-state index in [0.717, 1.165) is 5.56 Å². The molecule has 0 N–H and O–H groups in total. The molecule has 1 heterocycles. The Morgan fingerprint density at radius 1 is 0.933 bits per heavy atom. The minimum absolute atomic E-state index is 0.563. The van der Waals surface area contributed by atoms with Crippen molar-refractivity contribution in [3.63, 3.8) is 0 Å². The van der Waals surface area contributed by atoms with Gasteiger partial charge in [-0.25, -0.2) is 0 Å². The molecule has 0 atom stereocenters. The lowest BCUT2D eigenvalue weighted by Crippen LogP contribution is -1.97. The SMILES string of the molecule is CSc1nnc(-c2ccc(C)cc2)nn1. The summed E-state index contributed by atoms with van der Waals surface area (Å²) in [6, 6.07) is 7.96. The molecule has 0 amide bonds. The minimum Gasteiger partial charge on any atom is -0.125 e. The molecule has 0 saturated heterocycles. The summed E-state index contributed by atoms with van der Waals surface area (Å²) in [6.07, 6.45) is 1.89. The third kappa shape index (κ3) is 2.30. The van der Waals surface area contributed by atoms with Gasteiger partial charge in [0.15, 0.2) is 0 Å². The first-order chi connectivity index (χ1) is 7.29. The largest absolute Gasteiger partial charge is 0.229 e. The smallest absolute Gasteiger partial charge is 0.125 e. The van der Waals surface area contributed by atoms with Crippen LogP contribution in [0.4, 0.5) is 0 Å². The summed E-state index contributed by atoms with van der Waals surface area (Å²) in [6.45, 7) is 2.04. The van der Waals surface area contributed by atoms with Gasteiger partial charge in [-0.3, -0.25) is 0 Å². The van der Waals surface area contributed by atoms with Gasteiger partial charge in [0, 0.05) is 5.56 Å². The maximum atomic E-state index is 4.00. The first-order valence-electron chi connectivity index (χ1n) is 4.48. The van der Waals surface area contributed by atoms with Crippen LogP contribution in [0.1, 0.15) is 5.56 Å². The average Bonchev–Trinajstić information content (AvgIpc) is 2.30. The van der Waals surface area contributed by atoms with Crippen LogP contribution in [0.2, 0.25) is 0 Å². The van der Waals surface area contributed by atoms with Gasteiger partial charge < -0.3 is 0 Å². The third-order valence-electron chi connectivity index (χ3n) is 1.95. The Hall–Kier alpha value is -1.49. The molecule has 0 spiro atoms. The van der Waals surface area contributed by atoms with E-state index in [1.165, 1.54) is 17.3 Å². The lowest BCUT2D eigenvalue weighted by atomic mass is 10.1. The van der Waals surface area contributed by atoms with Gasteiger partial charge in [0.25, 0.3) is 0 Å². The van der Waals surface area contributed by atoms with Crippen LogP contribution in [0.5, 0.6) is 0 Å².